The number of hydrogen-bond acceptors (Lipinski definition) is 3. The highest BCUT2D eigenvalue weighted by Crippen LogP contribution is 2.49. The molecule has 0 radical (unpaired) electrons. The summed E-state index contributed by atoms with van der Waals surface area (Å²) in [5.74, 6) is 1.66. The van der Waals surface area contributed by atoms with Crippen LogP contribution in [0.1, 0.15) is 22.8 Å². The Hall–Kier alpha value is -4.50. The van der Waals surface area contributed by atoms with Crippen LogP contribution >= 0.6 is 0 Å². The average Bonchev–Trinajstić information content (AvgIpc) is 2.96. The van der Waals surface area contributed by atoms with Crippen LogP contribution in [0.4, 0.5) is 5.69 Å². The van der Waals surface area contributed by atoms with E-state index in [0.717, 1.165) is 57.1 Å². The summed E-state index contributed by atoms with van der Waals surface area (Å²) in [7, 11) is 1.71. The topological polar surface area (TPSA) is 30.5 Å². The van der Waals surface area contributed by atoms with Crippen LogP contribution in [0.15, 0.2) is 121 Å². The predicted octanol–water partition coefficient (Wildman–Crippen LogP) is 8.12. The lowest BCUT2D eigenvalue weighted by Gasteiger charge is -2.30. The number of benzene rings is 5. The number of anilines is 1. The maximum Gasteiger partial charge on any atom is 0.149 e. The molecular formula is C33H27NO2. The van der Waals surface area contributed by atoms with E-state index >= 15 is 0 Å². The number of methoxy groups -OCH3 is 1. The molecule has 6 rings (SSSR count). The molecule has 0 aliphatic carbocycles. The number of hydrogen-bond donors (Lipinski definition) is 1. The average molecular weight is 470 g/mol. The highest BCUT2D eigenvalue weighted by atomic mass is 16.5. The van der Waals surface area contributed by atoms with Crippen molar-refractivity contribution in [3.8, 4) is 33.8 Å². The predicted molar refractivity (Wildman–Crippen MR) is 147 cm³/mol. The fourth-order valence-corrected chi connectivity index (χ4v) is 4.97. The van der Waals surface area contributed by atoms with Gasteiger partial charge in [-0.25, -0.2) is 0 Å². The molecule has 5 aromatic rings. The van der Waals surface area contributed by atoms with Gasteiger partial charge in [0.15, 0.2) is 0 Å². The smallest absolute Gasteiger partial charge is 0.149 e. The molecule has 0 spiro atoms. The Morgan fingerprint density at radius 1 is 0.722 bits per heavy atom. The minimum absolute atomic E-state index is 0.204. The zero-order valence-corrected chi connectivity index (χ0v) is 20.1. The zero-order chi connectivity index (χ0) is 24.3. The van der Waals surface area contributed by atoms with Gasteiger partial charge in [0, 0.05) is 23.4 Å². The van der Waals surface area contributed by atoms with E-state index in [4.69, 9.17) is 9.47 Å². The molecule has 0 amide bonds. The van der Waals surface area contributed by atoms with E-state index in [1.165, 1.54) is 5.56 Å². The second kappa shape index (κ2) is 9.63. The fourth-order valence-electron chi connectivity index (χ4n) is 4.97. The van der Waals surface area contributed by atoms with Crippen LogP contribution in [-0.4, -0.2) is 7.11 Å². The molecule has 0 bridgehead atoms. The van der Waals surface area contributed by atoms with Crippen molar-refractivity contribution in [2.75, 3.05) is 12.4 Å². The van der Waals surface area contributed by atoms with Crippen molar-refractivity contribution in [3.05, 3.63) is 138 Å². The van der Waals surface area contributed by atoms with E-state index in [1.807, 2.05) is 30.3 Å². The number of rotatable bonds is 6. The third kappa shape index (κ3) is 4.09. The van der Waals surface area contributed by atoms with Gasteiger partial charge in [0.1, 0.15) is 17.6 Å². The maximum atomic E-state index is 6.62. The van der Waals surface area contributed by atoms with Crippen LogP contribution < -0.4 is 14.8 Å². The molecule has 0 fully saturated rings. The molecule has 1 unspecified atom stereocenters. The Bertz CT molecular complexity index is 1500. The highest BCUT2D eigenvalue weighted by molar-refractivity contribution is 5.86. The number of nitrogens with one attached hydrogen (secondary N) is 1. The van der Waals surface area contributed by atoms with Crippen LogP contribution in [0, 0.1) is 0 Å². The second-order valence-electron chi connectivity index (χ2n) is 8.93. The van der Waals surface area contributed by atoms with Gasteiger partial charge in [-0.2, -0.15) is 0 Å². The van der Waals surface area contributed by atoms with E-state index in [1.54, 1.807) is 7.11 Å². The molecule has 176 valence electrons. The Labute approximate surface area is 212 Å². The lowest BCUT2D eigenvalue weighted by atomic mass is 9.86. The van der Waals surface area contributed by atoms with Gasteiger partial charge in [-0.3, -0.25) is 0 Å². The third-order valence-electron chi connectivity index (χ3n) is 6.72. The summed E-state index contributed by atoms with van der Waals surface area (Å²) in [5.41, 5.74) is 9.06. The van der Waals surface area contributed by atoms with Gasteiger partial charge in [0.2, 0.25) is 0 Å². The van der Waals surface area contributed by atoms with E-state index in [0.29, 0.717) is 0 Å². The van der Waals surface area contributed by atoms with Gasteiger partial charge in [-0.15, -0.1) is 0 Å². The molecule has 0 aromatic heterocycles. The van der Waals surface area contributed by atoms with Crippen LogP contribution in [0.3, 0.4) is 0 Å². The lowest BCUT2D eigenvalue weighted by Crippen LogP contribution is -2.16. The van der Waals surface area contributed by atoms with Crippen molar-refractivity contribution >= 4 is 5.69 Å². The highest BCUT2D eigenvalue weighted by Gasteiger charge is 2.30. The first-order valence-corrected chi connectivity index (χ1v) is 12.2. The summed E-state index contributed by atoms with van der Waals surface area (Å²) in [4.78, 5) is 0. The summed E-state index contributed by atoms with van der Waals surface area (Å²) in [6.07, 6.45) is -0.204. The Balaban J connectivity index is 1.45. The Kier molecular flexibility index (Phi) is 5.88. The molecule has 1 aliphatic heterocycles. The molecular weight excluding hydrogens is 442 g/mol. The standard InChI is InChI=1S/C33H27NO2/c1-35-30-17-10-18-31-32(30)27-20-19-25(21-28(27)33(36-31)24-13-6-3-7-14-24)26-15-8-9-16-29(26)34-22-23-11-4-2-5-12-23/h2-21,33-34H,22H2,1H3. The monoisotopic (exact) mass is 469 g/mol. The van der Waals surface area contributed by atoms with Gasteiger partial charge in [-0.1, -0.05) is 97.1 Å². The molecule has 1 aliphatic rings. The summed E-state index contributed by atoms with van der Waals surface area (Å²) in [6, 6.07) is 42.0. The fraction of sp³-hybridized carbons (Fsp3) is 0.0909. The number of ether oxygens (including phenoxy) is 2. The van der Waals surface area contributed by atoms with Crippen LogP contribution in [0.5, 0.6) is 11.5 Å². The zero-order valence-electron chi connectivity index (χ0n) is 20.1. The number of fused-ring (bicyclic) bond motifs is 3. The van der Waals surface area contributed by atoms with Gasteiger partial charge < -0.3 is 14.8 Å². The molecule has 1 heterocycles. The minimum Gasteiger partial charge on any atom is -0.496 e. The van der Waals surface area contributed by atoms with E-state index in [9.17, 15) is 0 Å². The molecule has 0 saturated carbocycles. The Morgan fingerprint density at radius 3 is 2.28 bits per heavy atom. The van der Waals surface area contributed by atoms with Crippen molar-refractivity contribution in [2.24, 2.45) is 0 Å². The third-order valence-corrected chi connectivity index (χ3v) is 6.72. The molecule has 3 nitrogen and oxygen atoms in total. The maximum absolute atomic E-state index is 6.62. The summed E-state index contributed by atoms with van der Waals surface area (Å²) >= 11 is 0. The van der Waals surface area contributed by atoms with Crippen molar-refractivity contribution < 1.29 is 9.47 Å². The number of para-hydroxylation sites is 1. The van der Waals surface area contributed by atoms with Crippen molar-refractivity contribution in [1.82, 2.24) is 0 Å². The van der Waals surface area contributed by atoms with Gasteiger partial charge in [0.25, 0.3) is 0 Å². The summed E-state index contributed by atoms with van der Waals surface area (Å²) in [6.45, 7) is 0.767. The van der Waals surface area contributed by atoms with Crippen LogP contribution in [0.2, 0.25) is 0 Å². The normalized spacial score (nSPS) is 13.8. The summed E-state index contributed by atoms with van der Waals surface area (Å²) in [5, 5.41) is 3.63. The van der Waals surface area contributed by atoms with E-state index in [2.05, 4.69) is 96.3 Å². The van der Waals surface area contributed by atoms with E-state index < -0.39 is 0 Å². The molecule has 1 N–H and O–H groups in total. The largest absolute Gasteiger partial charge is 0.496 e. The molecule has 1 atom stereocenters. The van der Waals surface area contributed by atoms with Gasteiger partial charge >= 0.3 is 0 Å². The molecule has 5 aromatic carbocycles. The summed E-state index contributed by atoms with van der Waals surface area (Å²) < 4.78 is 12.3. The first-order valence-electron chi connectivity index (χ1n) is 12.2. The first-order chi connectivity index (χ1) is 17.8. The van der Waals surface area contributed by atoms with Crippen LogP contribution in [-0.2, 0) is 6.54 Å². The lowest BCUT2D eigenvalue weighted by molar-refractivity contribution is 0.242. The minimum atomic E-state index is -0.204. The van der Waals surface area contributed by atoms with Gasteiger partial charge in [0.05, 0.1) is 12.7 Å². The quantitative estimate of drug-likeness (QED) is 0.272. The molecule has 3 heteroatoms. The molecule has 0 saturated heterocycles. The molecule has 36 heavy (non-hydrogen) atoms. The van der Waals surface area contributed by atoms with Crippen molar-refractivity contribution in [2.45, 2.75) is 12.6 Å². The van der Waals surface area contributed by atoms with Crippen molar-refractivity contribution in [3.63, 3.8) is 0 Å². The Morgan fingerprint density at radius 2 is 1.47 bits per heavy atom. The first kappa shape index (κ1) is 22.0. The second-order valence-corrected chi connectivity index (χ2v) is 8.93. The van der Waals surface area contributed by atoms with Gasteiger partial charge in [-0.05, 0) is 46.5 Å². The SMILES string of the molecule is COc1cccc2c1-c1ccc(-c3ccccc3NCc3ccccc3)cc1C(c1ccccc1)O2. The van der Waals surface area contributed by atoms with E-state index in [-0.39, 0.29) is 6.10 Å². The van der Waals surface area contributed by atoms with Crippen LogP contribution in [0.25, 0.3) is 22.3 Å². The van der Waals surface area contributed by atoms with Crippen molar-refractivity contribution in [1.29, 1.82) is 0 Å².